The van der Waals surface area contributed by atoms with Gasteiger partial charge in [0.2, 0.25) is 0 Å². The van der Waals surface area contributed by atoms with Gasteiger partial charge in [-0.2, -0.15) is 5.10 Å². The number of rotatable bonds is 6. The fraction of sp³-hybridized carbons (Fsp3) is 0.667. The SMILES string of the molecule is Cc1noc(C)c1Cn1cc(NC2OC2CC2CCCCC2)cn1. The van der Waals surface area contributed by atoms with Crippen molar-refractivity contribution in [3.63, 3.8) is 0 Å². The molecule has 3 heterocycles. The monoisotopic (exact) mass is 330 g/mol. The van der Waals surface area contributed by atoms with Crippen molar-refractivity contribution in [2.45, 2.75) is 71.2 Å². The van der Waals surface area contributed by atoms with Gasteiger partial charge in [-0.3, -0.25) is 4.68 Å². The molecule has 0 aromatic carbocycles. The molecule has 1 N–H and O–H groups in total. The normalized spacial score (nSPS) is 24.2. The molecule has 24 heavy (non-hydrogen) atoms. The molecule has 0 amide bonds. The Balaban J connectivity index is 1.28. The summed E-state index contributed by atoms with van der Waals surface area (Å²) >= 11 is 0. The summed E-state index contributed by atoms with van der Waals surface area (Å²) in [6.45, 7) is 4.58. The van der Waals surface area contributed by atoms with Crippen molar-refractivity contribution in [1.29, 1.82) is 0 Å². The Hall–Kier alpha value is -1.82. The maximum atomic E-state index is 5.80. The quantitative estimate of drug-likeness (QED) is 0.819. The maximum absolute atomic E-state index is 5.80. The Morgan fingerprint density at radius 2 is 2.08 bits per heavy atom. The summed E-state index contributed by atoms with van der Waals surface area (Å²) < 4.78 is 12.9. The summed E-state index contributed by atoms with van der Waals surface area (Å²) in [4.78, 5) is 0. The number of ether oxygens (including phenoxy) is 1. The van der Waals surface area contributed by atoms with Crippen molar-refractivity contribution in [2.24, 2.45) is 5.92 Å². The maximum Gasteiger partial charge on any atom is 0.154 e. The molecule has 0 radical (unpaired) electrons. The first-order chi connectivity index (χ1) is 11.7. The van der Waals surface area contributed by atoms with Crippen LogP contribution in [0.2, 0.25) is 0 Å². The van der Waals surface area contributed by atoms with Crippen LogP contribution in [-0.2, 0) is 11.3 Å². The third-order valence-corrected chi connectivity index (χ3v) is 5.32. The lowest BCUT2D eigenvalue weighted by Gasteiger charge is -2.20. The highest BCUT2D eigenvalue weighted by Crippen LogP contribution is 2.35. The van der Waals surface area contributed by atoms with Gasteiger partial charge in [0.1, 0.15) is 11.9 Å². The molecule has 2 aromatic heterocycles. The lowest BCUT2D eigenvalue weighted by molar-refractivity contribution is 0.290. The number of hydrogen-bond donors (Lipinski definition) is 1. The van der Waals surface area contributed by atoms with E-state index in [4.69, 9.17) is 9.26 Å². The smallest absolute Gasteiger partial charge is 0.154 e. The van der Waals surface area contributed by atoms with Crippen molar-refractivity contribution in [3.05, 3.63) is 29.4 Å². The first-order valence-electron chi connectivity index (χ1n) is 9.05. The number of nitrogens with zero attached hydrogens (tertiary/aromatic N) is 3. The Morgan fingerprint density at radius 1 is 1.25 bits per heavy atom. The first kappa shape index (κ1) is 15.7. The zero-order valence-electron chi connectivity index (χ0n) is 14.5. The molecule has 0 bridgehead atoms. The van der Waals surface area contributed by atoms with Gasteiger partial charge >= 0.3 is 0 Å². The highest BCUT2D eigenvalue weighted by Gasteiger charge is 2.40. The molecule has 2 unspecified atom stereocenters. The van der Waals surface area contributed by atoms with Crippen molar-refractivity contribution in [1.82, 2.24) is 14.9 Å². The minimum Gasteiger partial charge on any atom is -0.361 e. The van der Waals surface area contributed by atoms with Crippen LogP contribution < -0.4 is 5.32 Å². The molecule has 6 nitrogen and oxygen atoms in total. The van der Waals surface area contributed by atoms with Crippen molar-refractivity contribution < 1.29 is 9.26 Å². The first-order valence-corrected chi connectivity index (χ1v) is 9.05. The summed E-state index contributed by atoms with van der Waals surface area (Å²) in [6.07, 6.45) is 12.6. The number of aromatic nitrogens is 3. The number of anilines is 1. The van der Waals surface area contributed by atoms with Crippen LogP contribution in [0, 0.1) is 19.8 Å². The van der Waals surface area contributed by atoms with Gasteiger partial charge in [0.15, 0.2) is 6.23 Å². The zero-order chi connectivity index (χ0) is 16.5. The van der Waals surface area contributed by atoms with E-state index in [0.717, 1.165) is 28.6 Å². The summed E-state index contributed by atoms with van der Waals surface area (Å²) in [5, 5.41) is 11.9. The summed E-state index contributed by atoms with van der Waals surface area (Å²) in [5.41, 5.74) is 3.04. The van der Waals surface area contributed by atoms with E-state index in [0.29, 0.717) is 12.6 Å². The summed E-state index contributed by atoms with van der Waals surface area (Å²) in [6, 6.07) is 0. The highest BCUT2D eigenvalue weighted by molar-refractivity contribution is 5.40. The van der Waals surface area contributed by atoms with E-state index in [-0.39, 0.29) is 6.23 Å². The average molecular weight is 330 g/mol. The Kier molecular flexibility index (Phi) is 4.31. The van der Waals surface area contributed by atoms with Crippen molar-refractivity contribution in [2.75, 3.05) is 5.32 Å². The third-order valence-electron chi connectivity index (χ3n) is 5.32. The van der Waals surface area contributed by atoms with E-state index < -0.39 is 0 Å². The van der Waals surface area contributed by atoms with Crippen LogP contribution in [0.4, 0.5) is 5.69 Å². The van der Waals surface area contributed by atoms with Crippen molar-refractivity contribution >= 4 is 5.69 Å². The second-order valence-corrected chi connectivity index (χ2v) is 7.21. The number of epoxide rings is 1. The minimum absolute atomic E-state index is 0.156. The second-order valence-electron chi connectivity index (χ2n) is 7.21. The molecular weight excluding hydrogens is 304 g/mol. The van der Waals surface area contributed by atoms with Crippen LogP contribution in [-0.4, -0.2) is 27.3 Å². The topological polar surface area (TPSA) is 68.4 Å². The second kappa shape index (κ2) is 6.59. The van der Waals surface area contributed by atoms with E-state index in [1.165, 1.54) is 38.5 Å². The predicted molar refractivity (Wildman–Crippen MR) is 90.8 cm³/mol. The van der Waals surface area contributed by atoms with Crippen LogP contribution in [0.25, 0.3) is 0 Å². The van der Waals surface area contributed by atoms with Crippen LogP contribution in [0.1, 0.15) is 55.5 Å². The molecule has 2 aromatic rings. The fourth-order valence-electron chi connectivity index (χ4n) is 3.78. The molecule has 1 saturated carbocycles. The summed E-state index contributed by atoms with van der Waals surface area (Å²) in [5.74, 6) is 1.72. The van der Waals surface area contributed by atoms with E-state index in [9.17, 15) is 0 Å². The average Bonchev–Trinajstić information content (AvgIpc) is 3.00. The Labute approximate surface area is 142 Å². The Bertz CT molecular complexity index is 668. The molecule has 4 rings (SSSR count). The van der Waals surface area contributed by atoms with Crippen LogP contribution >= 0.6 is 0 Å². The standard InChI is InChI=1S/C18H26N4O2/c1-12-16(13(2)24-21-12)11-22-10-15(9-19-22)20-18-17(23-18)8-14-6-4-3-5-7-14/h9-10,14,17-18,20H,3-8,11H2,1-2H3. The van der Waals surface area contributed by atoms with E-state index in [2.05, 4.69) is 15.6 Å². The van der Waals surface area contributed by atoms with Crippen molar-refractivity contribution in [3.8, 4) is 0 Å². The van der Waals surface area contributed by atoms with E-state index in [1.807, 2.05) is 30.9 Å². The largest absolute Gasteiger partial charge is 0.361 e. The highest BCUT2D eigenvalue weighted by atomic mass is 16.6. The Morgan fingerprint density at radius 3 is 2.83 bits per heavy atom. The van der Waals surface area contributed by atoms with Gasteiger partial charge in [-0.05, 0) is 26.2 Å². The number of nitrogens with one attached hydrogen (secondary N) is 1. The molecular formula is C18H26N4O2. The van der Waals surface area contributed by atoms with Gasteiger partial charge in [0.05, 0.1) is 24.1 Å². The molecule has 1 saturated heterocycles. The van der Waals surface area contributed by atoms with Gasteiger partial charge in [-0.15, -0.1) is 0 Å². The fourth-order valence-corrected chi connectivity index (χ4v) is 3.78. The lowest BCUT2D eigenvalue weighted by Crippen LogP contribution is -2.13. The van der Waals surface area contributed by atoms with Gasteiger partial charge in [-0.1, -0.05) is 37.3 Å². The minimum atomic E-state index is 0.156. The van der Waals surface area contributed by atoms with Crippen LogP contribution in [0.3, 0.4) is 0 Å². The van der Waals surface area contributed by atoms with Gasteiger partial charge in [0.25, 0.3) is 0 Å². The number of hydrogen-bond acceptors (Lipinski definition) is 5. The van der Waals surface area contributed by atoms with Crippen LogP contribution in [0.15, 0.2) is 16.9 Å². The predicted octanol–water partition coefficient (Wildman–Crippen LogP) is 3.64. The number of aryl methyl sites for hydroxylation is 2. The molecule has 2 fully saturated rings. The molecule has 130 valence electrons. The molecule has 6 heteroatoms. The van der Waals surface area contributed by atoms with E-state index >= 15 is 0 Å². The van der Waals surface area contributed by atoms with E-state index in [1.54, 1.807) is 0 Å². The molecule has 0 spiro atoms. The van der Waals surface area contributed by atoms with Gasteiger partial charge in [-0.25, -0.2) is 0 Å². The molecule has 2 aliphatic rings. The summed E-state index contributed by atoms with van der Waals surface area (Å²) in [7, 11) is 0. The zero-order valence-corrected chi connectivity index (χ0v) is 14.5. The third kappa shape index (κ3) is 3.48. The lowest BCUT2D eigenvalue weighted by atomic mass is 9.86. The molecule has 1 aliphatic heterocycles. The van der Waals surface area contributed by atoms with Gasteiger partial charge in [0, 0.05) is 11.8 Å². The van der Waals surface area contributed by atoms with Crippen LogP contribution in [0.5, 0.6) is 0 Å². The molecule has 2 atom stereocenters. The molecule has 1 aliphatic carbocycles. The van der Waals surface area contributed by atoms with Gasteiger partial charge < -0.3 is 14.6 Å².